The van der Waals surface area contributed by atoms with Gasteiger partial charge in [0.2, 0.25) is 0 Å². The van der Waals surface area contributed by atoms with Gasteiger partial charge in [0.05, 0.1) is 17.6 Å². The molecule has 6 heteroatoms. The summed E-state index contributed by atoms with van der Waals surface area (Å²) in [5.41, 5.74) is 1.73. The summed E-state index contributed by atoms with van der Waals surface area (Å²) in [7, 11) is 0. The van der Waals surface area contributed by atoms with Gasteiger partial charge in [-0.15, -0.1) is 0 Å². The van der Waals surface area contributed by atoms with Crippen molar-refractivity contribution in [3.63, 3.8) is 0 Å². The van der Waals surface area contributed by atoms with Crippen LogP contribution in [0.15, 0.2) is 24.5 Å². The summed E-state index contributed by atoms with van der Waals surface area (Å²) in [5.74, 6) is -0.690. The van der Waals surface area contributed by atoms with Crippen LogP contribution in [0.3, 0.4) is 0 Å². The molecule has 0 radical (unpaired) electrons. The molecular weight excluding hydrogens is 360 g/mol. The van der Waals surface area contributed by atoms with Gasteiger partial charge in [-0.05, 0) is 50.7 Å². The Bertz CT molecular complexity index is 809. The molecule has 2 aromatic rings. The minimum Gasteiger partial charge on any atom is -0.367 e. The van der Waals surface area contributed by atoms with Gasteiger partial charge in [0.15, 0.2) is 0 Å². The van der Waals surface area contributed by atoms with E-state index < -0.39 is 11.6 Å². The second kappa shape index (κ2) is 9.22. The molecule has 0 atom stereocenters. The highest BCUT2D eigenvalue weighted by atomic mass is 19.1. The number of ketones is 1. The van der Waals surface area contributed by atoms with E-state index in [-0.39, 0.29) is 11.5 Å². The fourth-order valence-corrected chi connectivity index (χ4v) is 3.81. The molecule has 0 amide bonds. The minimum atomic E-state index is -0.583. The number of aryl methyl sites for hydroxylation is 1. The molecule has 150 valence electrons. The maximum atomic E-state index is 14.8. The number of Topliss-reactive ketones (excluding diaryl/α,β-unsaturated/α-hetero) is 1. The van der Waals surface area contributed by atoms with Crippen LogP contribution in [0, 0.1) is 17.6 Å². The highest BCUT2D eigenvalue weighted by Crippen LogP contribution is 2.32. The third-order valence-corrected chi connectivity index (χ3v) is 5.29. The number of rotatable bonds is 7. The Morgan fingerprint density at radius 2 is 1.86 bits per heavy atom. The van der Waals surface area contributed by atoms with Crippen LogP contribution in [0.5, 0.6) is 0 Å². The first-order valence-electron chi connectivity index (χ1n) is 10.0. The number of anilines is 1. The lowest BCUT2D eigenvalue weighted by Crippen LogP contribution is -2.35. The summed E-state index contributed by atoms with van der Waals surface area (Å²) < 4.78 is 29.6. The van der Waals surface area contributed by atoms with Crippen LogP contribution in [0.2, 0.25) is 0 Å². The van der Waals surface area contributed by atoms with Crippen LogP contribution >= 0.6 is 0 Å². The van der Waals surface area contributed by atoms with Crippen molar-refractivity contribution in [2.45, 2.75) is 52.4 Å². The van der Waals surface area contributed by atoms with E-state index >= 15 is 0 Å². The first-order chi connectivity index (χ1) is 13.5. The number of nitrogens with zero attached hydrogens (tertiary/aromatic N) is 3. The van der Waals surface area contributed by atoms with Crippen molar-refractivity contribution in [3.8, 4) is 11.3 Å². The van der Waals surface area contributed by atoms with Crippen molar-refractivity contribution in [2.75, 3.05) is 18.0 Å². The van der Waals surface area contributed by atoms with Crippen molar-refractivity contribution in [1.82, 2.24) is 9.97 Å². The van der Waals surface area contributed by atoms with Gasteiger partial charge in [-0.3, -0.25) is 4.98 Å². The SMILES string of the molecule is CCCCc1cncc(-c2cc(F)c(N3CCC(CC(C)=O)CC3)c(F)c2)n1. The summed E-state index contributed by atoms with van der Waals surface area (Å²) in [6.07, 6.45) is 8.17. The van der Waals surface area contributed by atoms with Crippen LogP contribution in [0.25, 0.3) is 11.3 Å². The number of unbranched alkanes of at least 4 members (excludes halogenated alkanes) is 1. The Morgan fingerprint density at radius 1 is 1.18 bits per heavy atom. The largest absolute Gasteiger partial charge is 0.367 e. The molecule has 2 heterocycles. The molecular formula is C22H27F2N3O. The summed E-state index contributed by atoms with van der Waals surface area (Å²) in [6, 6.07) is 2.68. The van der Waals surface area contributed by atoms with Crippen molar-refractivity contribution in [3.05, 3.63) is 41.9 Å². The molecule has 1 fully saturated rings. The molecule has 28 heavy (non-hydrogen) atoms. The van der Waals surface area contributed by atoms with Gasteiger partial charge in [0.1, 0.15) is 23.1 Å². The van der Waals surface area contributed by atoms with Gasteiger partial charge in [-0.2, -0.15) is 0 Å². The molecule has 3 rings (SSSR count). The summed E-state index contributed by atoms with van der Waals surface area (Å²) in [5, 5.41) is 0. The third kappa shape index (κ3) is 4.91. The predicted octanol–water partition coefficient (Wildman–Crippen LogP) is 4.96. The third-order valence-electron chi connectivity index (χ3n) is 5.29. The fourth-order valence-electron chi connectivity index (χ4n) is 3.81. The molecule has 4 nitrogen and oxygen atoms in total. The lowest BCUT2D eigenvalue weighted by atomic mass is 9.91. The second-order valence-electron chi connectivity index (χ2n) is 7.62. The normalized spacial score (nSPS) is 15.1. The second-order valence-corrected chi connectivity index (χ2v) is 7.62. The molecule has 0 bridgehead atoms. The molecule has 0 aliphatic carbocycles. The van der Waals surface area contributed by atoms with Gasteiger partial charge < -0.3 is 9.69 Å². The van der Waals surface area contributed by atoms with E-state index in [2.05, 4.69) is 16.9 Å². The number of aromatic nitrogens is 2. The molecule has 0 N–H and O–H groups in total. The molecule has 1 aliphatic heterocycles. The molecule has 1 saturated heterocycles. The Hall–Kier alpha value is -2.37. The smallest absolute Gasteiger partial charge is 0.150 e. The van der Waals surface area contributed by atoms with Gasteiger partial charge in [0.25, 0.3) is 0 Å². The fraction of sp³-hybridized carbons (Fsp3) is 0.500. The van der Waals surface area contributed by atoms with E-state index in [9.17, 15) is 13.6 Å². The Labute approximate surface area is 165 Å². The summed E-state index contributed by atoms with van der Waals surface area (Å²) in [4.78, 5) is 21.7. The Balaban J connectivity index is 1.78. The molecule has 0 saturated carbocycles. The summed E-state index contributed by atoms with van der Waals surface area (Å²) in [6.45, 7) is 4.79. The summed E-state index contributed by atoms with van der Waals surface area (Å²) >= 11 is 0. The van der Waals surface area contributed by atoms with E-state index in [4.69, 9.17) is 0 Å². The maximum Gasteiger partial charge on any atom is 0.150 e. The zero-order valence-electron chi connectivity index (χ0n) is 16.5. The van der Waals surface area contributed by atoms with Crippen molar-refractivity contribution in [2.24, 2.45) is 5.92 Å². The van der Waals surface area contributed by atoms with Crippen molar-refractivity contribution >= 4 is 11.5 Å². The van der Waals surface area contributed by atoms with Gasteiger partial charge in [-0.25, -0.2) is 13.8 Å². The average Bonchev–Trinajstić information content (AvgIpc) is 2.67. The quantitative estimate of drug-likeness (QED) is 0.674. The van der Waals surface area contributed by atoms with Crippen molar-refractivity contribution < 1.29 is 13.6 Å². The number of benzene rings is 1. The van der Waals surface area contributed by atoms with Gasteiger partial charge >= 0.3 is 0 Å². The number of carbonyl (C=O) groups is 1. The monoisotopic (exact) mass is 387 g/mol. The molecule has 1 aromatic carbocycles. The van der Waals surface area contributed by atoms with Crippen LogP contribution < -0.4 is 4.90 Å². The zero-order chi connectivity index (χ0) is 20.1. The minimum absolute atomic E-state index is 0.0140. The van der Waals surface area contributed by atoms with Crippen LogP contribution in [0.1, 0.15) is 51.6 Å². The van der Waals surface area contributed by atoms with E-state index in [1.165, 1.54) is 18.3 Å². The molecule has 1 aliphatic rings. The first kappa shape index (κ1) is 20.4. The van der Waals surface area contributed by atoms with E-state index in [0.717, 1.165) is 37.8 Å². The topological polar surface area (TPSA) is 46.1 Å². The van der Waals surface area contributed by atoms with E-state index in [1.54, 1.807) is 18.0 Å². The number of hydrogen-bond acceptors (Lipinski definition) is 4. The Kier molecular flexibility index (Phi) is 6.70. The Morgan fingerprint density at radius 3 is 2.46 bits per heavy atom. The van der Waals surface area contributed by atoms with E-state index in [1.807, 2.05) is 0 Å². The lowest BCUT2D eigenvalue weighted by molar-refractivity contribution is -0.118. The number of halogens is 2. The number of carbonyl (C=O) groups excluding carboxylic acids is 1. The van der Waals surface area contributed by atoms with Crippen molar-refractivity contribution in [1.29, 1.82) is 0 Å². The van der Waals surface area contributed by atoms with Gasteiger partial charge in [0, 0.05) is 31.3 Å². The molecule has 1 aromatic heterocycles. The molecule has 0 spiro atoms. The molecule has 0 unspecified atom stereocenters. The van der Waals surface area contributed by atoms with E-state index in [0.29, 0.717) is 36.7 Å². The lowest BCUT2D eigenvalue weighted by Gasteiger charge is -2.33. The highest BCUT2D eigenvalue weighted by molar-refractivity contribution is 5.75. The van der Waals surface area contributed by atoms with Crippen LogP contribution in [-0.2, 0) is 11.2 Å². The highest BCUT2D eigenvalue weighted by Gasteiger charge is 2.25. The van der Waals surface area contributed by atoms with Crippen LogP contribution in [0.4, 0.5) is 14.5 Å². The number of piperidine rings is 1. The standard InChI is InChI=1S/C22H27F2N3O/c1-3-4-5-18-13-25-14-21(26-18)17-11-19(23)22(20(24)12-17)27-8-6-16(7-9-27)10-15(2)28/h11-14,16H,3-10H2,1-2H3. The first-order valence-corrected chi connectivity index (χ1v) is 10.0. The predicted molar refractivity (Wildman–Crippen MR) is 106 cm³/mol. The van der Waals surface area contributed by atoms with Crippen LogP contribution in [-0.4, -0.2) is 28.8 Å². The average molecular weight is 387 g/mol. The van der Waals surface area contributed by atoms with Gasteiger partial charge in [-0.1, -0.05) is 13.3 Å². The number of hydrogen-bond donors (Lipinski definition) is 0. The zero-order valence-corrected chi connectivity index (χ0v) is 16.5. The maximum absolute atomic E-state index is 14.8.